The van der Waals surface area contributed by atoms with Gasteiger partial charge in [0.05, 0.1) is 0 Å². The van der Waals surface area contributed by atoms with E-state index < -0.39 is 0 Å². The summed E-state index contributed by atoms with van der Waals surface area (Å²) in [5.74, 6) is 0. The molecule has 0 aromatic heterocycles. The number of nitrogens with one attached hydrogen (secondary N) is 2. The number of rotatable bonds is 1. The molecule has 0 rings (SSSR count). The molecular weight excluding hydrogens is 472 g/mol. The van der Waals surface area contributed by atoms with Crippen LogP contribution < -0.4 is 0 Å². The summed E-state index contributed by atoms with van der Waals surface area (Å²) >= 11 is 0. The Kier molecular flexibility index (Phi) is 255. The van der Waals surface area contributed by atoms with Gasteiger partial charge in [0.1, 0.15) is 0 Å². The number of nitrogens with zero attached hydrogens (tertiary/aromatic N) is 1. The summed E-state index contributed by atoms with van der Waals surface area (Å²) in [4.78, 5) is 0. The van der Waals surface area contributed by atoms with Crippen LogP contribution in [0.25, 0.3) is 16.8 Å². The first-order valence-corrected chi connectivity index (χ1v) is 1.62. The van der Waals surface area contributed by atoms with Crippen LogP contribution in [0.5, 0.6) is 0 Å². The zero-order valence-corrected chi connectivity index (χ0v) is 19.9. The minimum Gasteiger partial charge on any atom is -0.696 e. The van der Waals surface area contributed by atoms with Crippen molar-refractivity contribution < 1.29 is 102 Å². The maximum atomic E-state index is 6.28. The molecule has 0 aliphatic heterocycles. The maximum absolute atomic E-state index is 6.28. The van der Waals surface area contributed by atoms with Gasteiger partial charge < -0.3 is 24.2 Å². The van der Waals surface area contributed by atoms with Gasteiger partial charge in [0.15, 0.2) is 0 Å². The van der Waals surface area contributed by atoms with E-state index in [4.69, 9.17) is 11.5 Å². The van der Waals surface area contributed by atoms with Gasteiger partial charge in [-0.3, -0.25) is 6.67 Å². The molecule has 0 aromatic carbocycles. The average Bonchev–Trinajstić information content (AvgIpc) is 1.72. The summed E-state index contributed by atoms with van der Waals surface area (Å²) in [6.45, 7) is 0.194. The van der Waals surface area contributed by atoms with E-state index in [9.17, 15) is 0 Å². The fraction of sp³-hybridized carbons (Fsp3) is 0.750. The molecule has 0 heterocycles. The molecule has 0 saturated heterocycles. The van der Waals surface area contributed by atoms with Crippen LogP contribution in [0.15, 0.2) is 0 Å². The molecule has 0 bridgehead atoms. The van der Waals surface area contributed by atoms with Crippen molar-refractivity contribution in [2.45, 2.75) is 0 Å². The Hall–Kier alpha value is 4.54. The number of hydrogen-bond acceptors (Lipinski definition) is 0. The summed E-state index contributed by atoms with van der Waals surface area (Å²) in [6.07, 6.45) is 0. The molecule has 0 saturated carbocycles. The van der Waals surface area contributed by atoms with E-state index in [1.165, 1.54) is 7.05 Å². The van der Waals surface area contributed by atoms with Crippen molar-refractivity contribution in [3.05, 3.63) is 24.2 Å². The number of hydrogen-bond donors (Lipinski definition) is 0. The molecule has 3 nitrogen and oxygen atoms in total. The van der Waals surface area contributed by atoms with Gasteiger partial charge in [0.25, 0.3) is 0 Å². The molecule has 0 fully saturated rings. The van der Waals surface area contributed by atoms with Gasteiger partial charge in [0, 0.05) is 102 Å². The van der Waals surface area contributed by atoms with E-state index in [0.29, 0.717) is 0 Å². The van der Waals surface area contributed by atoms with Crippen molar-refractivity contribution in [1.82, 2.24) is 0 Å². The normalized spacial score (nSPS) is 3.27. The zero-order chi connectivity index (χ0) is 5.41. The fourth-order valence-corrected chi connectivity index (χ4v) is 0. The van der Waals surface area contributed by atoms with E-state index in [0.717, 1.165) is 0 Å². The Morgan fingerprint density at radius 2 is 1.36 bits per heavy atom. The summed E-state index contributed by atoms with van der Waals surface area (Å²) in [5.41, 5.74) is 12.0. The minimum atomic E-state index is 0. The first kappa shape index (κ1) is 45.0. The summed E-state index contributed by atoms with van der Waals surface area (Å²) in [6, 6.07) is 0. The Balaban J connectivity index is -0.00000000432. The predicted molar refractivity (Wildman–Crippen MR) is 40.9 cm³/mol. The molecule has 1 radical (unpaired) electrons. The third-order valence-corrected chi connectivity index (χ3v) is 0.158. The standard InChI is InChI=1S/C2H6N2.CH4N.CH3.Ca.Cd.Ce.Y/c1-4-2-3;1-2;;;;;/h3H,2H2,1H3;2H,1H3;1H3;;;;/q-2;2*-1;+2;;;. The molecule has 11 heavy (non-hydrogen) atoms. The van der Waals surface area contributed by atoms with E-state index in [2.05, 4.69) is 5.32 Å². The molecule has 0 amide bonds. The van der Waals surface area contributed by atoms with Crippen LogP contribution in [0.1, 0.15) is 0 Å². The van der Waals surface area contributed by atoms with Gasteiger partial charge in [-0.1, -0.05) is 0 Å². The van der Waals surface area contributed by atoms with Crippen LogP contribution in [-0.4, -0.2) is 58.5 Å². The molecule has 0 spiro atoms. The second-order valence-electron chi connectivity index (χ2n) is 0.474. The molecule has 0 atom stereocenters. The van der Waals surface area contributed by atoms with Gasteiger partial charge >= 0.3 is 37.7 Å². The van der Waals surface area contributed by atoms with Gasteiger partial charge in [-0.25, -0.2) is 0 Å². The monoisotopic (exact) mass is 486 g/mol. The topological polar surface area (TPSA) is 61.7 Å². The molecule has 0 aliphatic carbocycles. The largest absolute Gasteiger partial charge is 2.00 e. The van der Waals surface area contributed by atoms with E-state index in [1.54, 1.807) is 7.05 Å². The summed E-state index contributed by atoms with van der Waals surface area (Å²) in [7, 11) is 2.87. The first-order valence-electron chi connectivity index (χ1n) is 1.62. The van der Waals surface area contributed by atoms with Crippen molar-refractivity contribution in [3.63, 3.8) is 0 Å². The Labute approximate surface area is 180 Å². The van der Waals surface area contributed by atoms with Crippen LogP contribution in [-0.2, 0) is 60.0 Å². The fourth-order valence-electron chi connectivity index (χ4n) is 0. The molecular formula is C4H13CaCdCeN3Y-2. The summed E-state index contributed by atoms with van der Waals surface area (Å²) < 4.78 is 0. The van der Waals surface area contributed by atoms with Crippen LogP contribution in [0.2, 0.25) is 0 Å². The van der Waals surface area contributed by atoms with Crippen LogP contribution in [0.3, 0.4) is 0 Å². The second kappa shape index (κ2) is 62.3. The van der Waals surface area contributed by atoms with E-state index in [-0.39, 0.29) is 154 Å². The van der Waals surface area contributed by atoms with E-state index >= 15 is 0 Å². The average molecular weight is 485 g/mol. The van der Waals surface area contributed by atoms with Gasteiger partial charge in [-0.2, -0.15) is 14.1 Å². The maximum Gasteiger partial charge on any atom is 2.00 e. The Morgan fingerprint density at radius 1 is 1.27 bits per heavy atom. The molecule has 7 heteroatoms. The minimum absolute atomic E-state index is 0. The predicted octanol–water partition coefficient (Wildman–Crippen LogP) is 1.73. The third-order valence-electron chi connectivity index (χ3n) is 0.158. The third kappa shape index (κ3) is 74.5. The molecule has 2 N–H and O–H groups in total. The van der Waals surface area contributed by atoms with Crippen LogP contribution >= 0.6 is 0 Å². The molecule has 0 aliphatic rings. The quantitative estimate of drug-likeness (QED) is 0.402. The Bertz CT molecular complexity index is 27.3. The molecule has 0 unspecified atom stereocenters. The zero-order valence-electron chi connectivity index (χ0n) is 7.65. The van der Waals surface area contributed by atoms with Crippen LogP contribution in [0, 0.1) is 49.2 Å². The van der Waals surface area contributed by atoms with Crippen molar-refractivity contribution in [2.24, 2.45) is 0 Å². The van der Waals surface area contributed by atoms with Gasteiger partial charge in [-0.15, -0.1) is 0 Å². The van der Waals surface area contributed by atoms with Crippen molar-refractivity contribution in [1.29, 1.82) is 0 Å². The van der Waals surface area contributed by atoms with Crippen molar-refractivity contribution >= 4 is 37.7 Å². The van der Waals surface area contributed by atoms with Crippen molar-refractivity contribution in [3.8, 4) is 0 Å². The van der Waals surface area contributed by atoms with Crippen LogP contribution in [0.4, 0.5) is 0 Å². The van der Waals surface area contributed by atoms with Gasteiger partial charge in [-0.05, 0) is 0 Å². The van der Waals surface area contributed by atoms with E-state index in [1.807, 2.05) is 0 Å². The first-order chi connectivity index (χ1) is 2.91. The molecule has 0 aromatic rings. The second-order valence-corrected chi connectivity index (χ2v) is 0.474. The Morgan fingerprint density at radius 3 is 1.36 bits per heavy atom. The summed E-state index contributed by atoms with van der Waals surface area (Å²) in [5, 5.41) is 3.40. The smallest absolute Gasteiger partial charge is 0.696 e. The molecule has 57 valence electrons. The van der Waals surface area contributed by atoms with Crippen molar-refractivity contribution in [2.75, 3.05) is 20.8 Å². The SMILES string of the molecule is C[N-]C[NH-].C[NH-].[CH3-].[Ca+2].[Cd].[Ce].[Y]. The van der Waals surface area contributed by atoms with Gasteiger partial charge in [0.2, 0.25) is 0 Å².